The average Bonchev–Trinajstić information content (AvgIpc) is 3.14. The van der Waals surface area contributed by atoms with Gasteiger partial charge in [-0.25, -0.2) is 0 Å². The van der Waals surface area contributed by atoms with Gasteiger partial charge in [0.05, 0.1) is 11.1 Å². The Bertz CT molecular complexity index is 599. The summed E-state index contributed by atoms with van der Waals surface area (Å²) in [7, 11) is 1.89. The molecule has 1 N–H and O–H groups in total. The minimum absolute atomic E-state index is 0.0947. The van der Waals surface area contributed by atoms with E-state index in [2.05, 4.69) is 9.88 Å². The van der Waals surface area contributed by atoms with Crippen molar-refractivity contribution < 1.29 is 4.79 Å². The van der Waals surface area contributed by atoms with Crippen molar-refractivity contribution in [2.45, 2.75) is 12.8 Å². The number of carbonyl (C=O) groups is 1. The third-order valence-electron chi connectivity index (χ3n) is 4.11. The number of aromatic nitrogens is 1. The first-order chi connectivity index (χ1) is 9.75. The van der Waals surface area contributed by atoms with Crippen molar-refractivity contribution in [3.63, 3.8) is 0 Å². The predicted molar refractivity (Wildman–Crippen MR) is 80.9 cm³/mol. The topological polar surface area (TPSA) is 39.3 Å². The molecule has 1 aliphatic heterocycles. The van der Waals surface area contributed by atoms with Crippen LogP contribution >= 0.6 is 0 Å². The van der Waals surface area contributed by atoms with Gasteiger partial charge < -0.3 is 14.8 Å². The van der Waals surface area contributed by atoms with Gasteiger partial charge >= 0.3 is 0 Å². The molecule has 0 saturated carbocycles. The summed E-state index contributed by atoms with van der Waals surface area (Å²) in [6.45, 7) is 4.11. The minimum atomic E-state index is 0.0947. The summed E-state index contributed by atoms with van der Waals surface area (Å²) in [6, 6.07) is 7.86. The number of amides is 1. The Morgan fingerprint density at radius 3 is 2.90 bits per heavy atom. The van der Waals surface area contributed by atoms with Crippen LogP contribution in [0.3, 0.4) is 0 Å². The van der Waals surface area contributed by atoms with E-state index in [1.807, 2.05) is 42.4 Å². The van der Waals surface area contributed by atoms with Gasteiger partial charge in [0.2, 0.25) is 0 Å². The molecule has 1 fully saturated rings. The Kier molecular flexibility index (Phi) is 3.74. The number of nitrogens with zero attached hydrogens (tertiary/aromatic N) is 2. The number of fused-ring (bicyclic) bond motifs is 1. The molecule has 1 amide bonds. The lowest BCUT2D eigenvalue weighted by Gasteiger charge is -2.21. The van der Waals surface area contributed by atoms with Crippen LogP contribution in [0.2, 0.25) is 0 Å². The van der Waals surface area contributed by atoms with Gasteiger partial charge in [-0.1, -0.05) is 12.1 Å². The largest absolute Gasteiger partial charge is 0.361 e. The number of carbonyl (C=O) groups excluding carboxylic acids is 1. The number of para-hydroxylation sites is 1. The lowest BCUT2D eigenvalue weighted by atomic mass is 10.1. The van der Waals surface area contributed by atoms with Crippen molar-refractivity contribution in [1.29, 1.82) is 0 Å². The van der Waals surface area contributed by atoms with Crippen LogP contribution < -0.4 is 0 Å². The molecule has 0 radical (unpaired) electrons. The van der Waals surface area contributed by atoms with E-state index in [0.29, 0.717) is 0 Å². The first-order valence-corrected chi connectivity index (χ1v) is 7.29. The van der Waals surface area contributed by atoms with Crippen molar-refractivity contribution in [3.05, 3.63) is 36.0 Å². The second kappa shape index (κ2) is 5.67. The number of likely N-dealkylation sites (tertiary alicyclic amines) is 1. The Hall–Kier alpha value is -1.81. The molecule has 1 aliphatic rings. The summed E-state index contributed by atoms with van der Waals surface area (Å²) in [5.74, 6) is 0.0947. The van der Waals surface area contributed by atoms with Crippen molar-refractivity contribution in [3.8, 4) is 0 Å². The summed E-state index contributed by atoms with van der Waals surface area (Å²) in [4.78, 5) is 20.0. The molecule has 2 heterocycles. The van der Waals surface area contributed by atoms with Gasteiger partial charge in [0.25, 0.3) is 5.91 Å². The number of hydrogen-bond acceptors (Lipinski definition) is 2. The van der Waals surface area contributed by atoms with E-state index in [1.54, 1.807) is 0 Å². The van der Waals surface area contributed by atoms with E-state index in [4.69, 9.17) is 0 Å². The van der Waals surface area contributed by atoms with Crippen LogP contribution in [0.4, 0.5) is 0 Å². The highest BCUT2D eigenvalue weighted by Crippen LogP contribution is 2.18. The van der Waals surface area contributed by atoms with Crippen LogP contribution in [0, 0.1) is 0 Å². The van der Waals surface area contributed by atoms with Crippen molar-refractivity contribution in [2.24, 2.45) is 0 Å². The van der Waals surface area contributed by atoms with Crippen molar-refractivity contribution in [1.82, 2.24) is 14.8 Å². The standard InChI is InChI=1S/C16H21N3O/c1-18(11-12-19-9-2-3-10-19)16(20)14-6-4-5-13-7-8-17-15(13)14/h4-8,17H,2-3,9-12H2,1H3. The second-order valence-electron chi connectivity index (χ2n) is 5.52. The molecule has 0 bridgehead atoms. The number of rotatable bonds is 4. The van der Waals surface area contributed by atoms with Gasteiger partial charge in [-0.15, -0.1) is 0 Å². The highest BCUT2D eigenvalue weighted by Gasteiger charge is 2.17. The van der Waals surface area contributed by atoms with E-state index in [-0.39, 0.29) is 5.91 Å². The zero-order valence-corrected chi connectivity index (χ0v) is 11.9. The van der Waals surface area contributed by atoms with E-state index in [1.165, 1.54) is 25.9 Å². The molecule has 3 rings (SSSR count). The van der Waals surface area contributed by atoms with E-state index >= 15 is 0 Å². The monoisotopic (exact) mass is 271 g/mol. The number of benzene rings is 1. The maximum Gasteiger partial charge on any atom is 0.255 e. The molecule has 20 heavy (non-hydrogen) atoms. The first kappa shape index (κ1) is 13.2. The van der Waals surface area contributed by atoms with E-state index in [9.17, 15) is 4.79 Å². The van der Waals surface area contributed by atoms with Crippen LogP contribution in [0.15, 0.2) is 30.5 Å². The molecule has 0 aliphatic carbocycles. The summed E-state index contributed by atoms with van der Waals surface area (Å²) >= 11 is 0. The molecule has 0 spiro atoms. The Labute approximate surface area is 119 Å². The van der Waals surface area contributed by atoms with Crippen LogP contribution in [0.25, 0.3) is 10.9 Å². The molecule has 4 nitrogen and oxygen atoms in total. The van der Waals surface area contributed by atoms with Gasteiger partial charge in [0.15, 0.2) is 0 Å². The molecule has 1 saturated heterocycles. The van der Waals surface area contributed by atoms with Gasteiger partial charge in [-0.3, -0.25) is 4.79 Å². The van der Waals surface area contributed by atoms with Crippen LogP contribution in [0.5, 0.6) is 0 Å². The number of hydrogen-bond donors (Lipinski definition) is 1. The quantitative estimate of drug-likeness (QED) is 0.927. The Balaban J connectivity index is 1.69. The average molecular weight is 271 g/mol. The smallest absolute Gasteiger partial charge is 0.255 e. The molecule has 106 valence electrons. The number of aromatic amines is 1. The molecule has 2 aromatic rings. The second-order valence-corrected chi connectivity index (χ2v) is 5.52. The van der Waals surface area contributed by atoms with Crippen molar-refractivity contribution in [2.75, 3.05) is 33.2 Å². The molecular weight excluding hydrogens is 250 g/mol. The van der Waals surface area contributed by atoms with Crippen molar-refractivity contribution >= 4 is 16.8 Å². The maximum absolute atomic E-state index is 12.5. The van der Waals surface area contributed by atoms with Crippen LogP contribution in [0.1, 0.15) is 23.2 Å². The third-order valence-corrected chi connectivity index (χ3v) is 4.11. The highest BCUT2D eigenvalue weighted by atomic mass is 16.2. The Morgan fingerprint density at radius 2 is 2.10 bits per heavy atom. The lowest BCUT2D eigenvalue weighted by molar-refractivity contribution is 0.0784. The zero-order valence-electron chi connectivity index (χ0n) is 11.9. The summed E-state index contributed by atoms with van der Waals surface area (Å²) in [6.07, 6.45) is 4.46. The normalized spacial score (nSPS) is 15.8. The maximum atomic E-state index is 12.5. The number of likely N-dealkylation sites (N-methyl/N-ethyl adjacent to an activating group) is 1. The van der Waals surface area contributed by atoms with E-state index < -0.39 is 0 Å². The lowest BCUT2D eigenvalue weighted by Crippen LogP contribution is -2.35. The molecule has 0 unspecified atom stereocenters. The van der Waals surface area contributed by atoms with Crippen LogP contribution in [-0.2, 0) is 0 Å². The van der Waals surface area contributed by atoms with Gasteiger partial charge in [0.1, 0.15) is 0 Å². The highest BCUT2D eigenvalue weighted by molar-refractivity contribution is 6.05. The predicted octanol–water partition coefficient (Wildman–Crippen LogP) is 2.34. The molecule has 1 aromatic heterocycles. The fourth-order valence-corrected chi connectivity index (χ4v) is 2.87. The van der Waals surface area contributed by atoms with Gasteiger partial charge in [-0.2, -0.15) is 0 Å². The summed E-state index contributed by atoms with van der Waals surface area (Å²) < 4.78 is 0. The van der Waals surface area contributed by atoms with Crippen LogP contribution in [-0.4, -0.2) is 53.9 Å². The molecule has 0 atom stereocenters. The fourth-order valence-electron chi connectivity index (χ4n) is 2.87. The zero-order chi connectivity index (χ0) is 13.9. The summed E-state index contributed by atoms with van der Waals surface area (Å²) in [5, 5.41) is 1.09. The number of H-pyrrole nitrogens is 1. The number of nitrogens with one attached hydrogen (secondary N) is 1. The van der Waals surface area contributed by atoms with E-state index in [0.717, 1.165) is 29.6 Å². The minimum Gasteiger partial charge on any atom is -0.361 e. The molecule has 4 heteroatoms. The molecular formula is C16H21N3O. The summed E-state index contributed by atoms with van der Waals surface area (Å²) in [5.41, 5.74) is 1.70. The van der Waals surface area contributed by atoms with Gasteiger partial charge in [0, 0.05) is 31.7 Å². The Morgan fingerprint density at radius 1 is 1.30 bits per heavy atom. The SMILES string of the molecule is CN(CCN1CCCC1)C(=O)c1cccc2cc[nH]c12. The third kappa shape index (κ3) is 2.56. The fraction of sp³-hybridized carbons (Fsp3) is 0.438. The first-order valence-electron chi connectivity index (χ1n) is 7.29. The molecule has 1 aromatic carbocycles. The van der Waals surface area contributed by atoms with Gasteiger partial charge in [-0.05, 0) is 38.1 Å².